The summed E-state index contributed by atoms with van der Waals surface area (Å²) in [6, 6.07) is 6.19. The van der Waals surface area contributed by atoms with Crippen LogP contribution in [0.4, 0.5) is 8.78 Å². The smallest absolute Gasteiger partial charge is 0.287 e. The Morgan fingerprint density at radius 3 is 2.30 bits per heavy atom. The van der Waals surface area contributed by atoms with Crippen LogP contribution in [0.5, 0.6) is 0 Å². The number of rotatable bonds is 6. The van der Waals surface area contributed by atoms with Gasteiger partial charge in [0.05, 0.1) is 6.54 Å². The van der Waals surface area contributed by atoms with Gasteiger partial charge in [0.1, 0.15) is 6.61 Å². The highest BCUT2D eigenvalue weighted by Crippen LogP contribution is 2.10. The summed E-state index contributed by atoms with van der Waals surface area (Å²) < 4.78 is 25.5. The van der Waals surface area contributed by atoms with Crippen molar-refractivity contribution in [2.45, 2.75) is 19.4 Å². The van der Waals surface area contributed by atoms with Crippen molar-refractivity contribution >= 4 is 11.8 Å². The number of carbonyl (C=O) groups is 2. The van der Waals surface area contributed by atoms with Crippen molar-refractivity contribution < 1.29 is 23.5 Å². The first kappa shape index (κ1) is 16.0. The molecule has 0 radical (unpaired) electrons. The lowest BCUT2D eigenvalue weighted by Gasteiger charge is -2.14. The van der Waals surface area contributed by atoms with Gasteiger partial charge in [-0.25, -0.2) is 8.78 Å². The molecule has 0 aliphatic heterocycles. The minimum absolute atomic E-state index is 0.168. The molecule has 5 nitrogen and oxygen atoms in total. The van der Waals surface area contributed by atoms with Gasteiger partial charge in [-0.2, -0.15) is 0 Å². The first-order valence-electron chi connectivity index (χ1n) is 5.94. The summed E-state index contributed by atoms with van der Waals surface area (Å²) in [5.41, 5.74) is 1.02. The lowest BCUT2D eigenvalue weighted by molar-refractivity contribution is -0.119. The summed E-state index contributed by atoms with van der Waals surface area (Å²) in [6.45, 7) is -0.512. The van der Waals surface area contributed by atoms with Gasteiger partial charge in [-0.3, -0.25) is 9.59 Å². The van der Waals surface area contributed by atoms with E-state index in [1.54, 1.807) is 12.1 Å². The van der Waals surface area contributed by atoms with E-state index in [-0.39, 0.29) is 11.5 Å². The van der Waals surface area contributed by atoms with E-state index in [1.165, 1.54) is 19.1 Å². The average Bonchev–Trinajstić information content (AvgIpc) is 2.43. The molecule has 0 bridgehead atoms. The van der Waals surface area contributed by atoms with Gasteiger partial charge < -0.3 is 15.7 Å². The fourth-order valence-electron chi connectivity index (χ4n) is 1.37. The zero-order valence-corrected chi connectivity index (χ0v) is 11.0. The number of nitrogens with one attached hydrogen (secondary N) is 2. The van der Waals surface area contributed by atoms with Crippen LogP contribution >= 0.6 is 0 Å². The van der Waals surface area contributed by atoms with E-state index in [9.17, 15) is 18.4 Å². The second-order valence-corrected chi connectivity index (χ2v) is 4.30. The number of halogens is 2. The maximum Gasteiger partial charge on any atom is 0.287 e. The molecule has 1 aromatic rings. The summed E-state index contributed by atoms with van der Waals surface area (Å²) in [4.78, 5) is 22.3. The molecular formula is C13H16F2N2O3. The van der Waals surface area contributed by atoms with Crippen LogP contribution in [0.25, 0.3) is 0 Å². The van der Waals surface area contributed by atoms with Crippen molar-refractivity contribution in [3.05, 3.63) is 35.4 Å². The predicted molar refractivity (Wildman–Crippen MR) is 68.3 cm³/mol. The highest BCUT2D eigenvalue weighted by Gasteiger charge is 2.28. The second-order valence-electron chi connectivity index (χ2n) is 4.30. The van der Waals surface area contributed by atoms with Crippen LogP contribution in [0.3, 0.4) is 0 Å². The maximum absolute atomic E-state index is 12.8. The van der Waals surface area contributed by atoms with Crippen LogP contribution < -0.4 is 10.6 Å². The third-order valence-corrected chi connectivity index (χ3v) is 2.50. The number of benzene rings is 1. The van der Waals surface area contributed by atoms with Crippen molar-refractivity contribution in [2.24, 2.45) is 0 Å². The molecule has 0 saturated carbocycles. The number of amides is 2. The third kappa shape index (κ3) is 5.31. The molecule has 0 saturated heterocycles. The molecule has 2 amide bonds. The van der Waals surface area contributed by atoms with Gasteiger partial charge in [-0.1, -0.05) is 12.1 Å². The molecule has 7 heteroatoms. The quantitative estimate of drug-likeness (QED) is 0.719. The maximum atomic E-state index is 12.8. The standard InChI is InChI=1S/C13H16F2N2O3/c1-9(19)16-6-10-2-4-11(5-3-10)12(20)17-7-13(14,15)8-18/h2-5,18H,6-8H2,1H3,(H,16,19)(H,17,20). The van der Waals surface area contributed by atoms with E-state index in [0.717, 1.165) is 5.56 Å². The fraction of sp³-hybridized carbons (Fsp3) is 0.385. The minimum atomic E-state index is -3.33. The Labute approximate surface area is 115 Å². The van der Waals surface area contributed by atoms with Crippen molar-refractivity contribution in [3.63, 3.8) is 0 Å². The summed E-state index contributed by atoms with van der Waals surface area (Å²) in [5.74, 6) is -4.15. The first-order valence-corrected chi connectivity index (χ1v) is 5.94. The topological polar surface area (TPSA) is 78.4 Å². The number of aliphatic hydroxyl groups is 1. The Kier molecular flexibility index (Phi) is 5.57. The van der Waals surface area contributed by atoms with E-state index in [4.69, 9.17) is 5.11 Å². The Balaban J connectivity index is 2.55. The number of hydrogen-bond acceptors (Lipinski definition) is 3. The average molecular weight is 286 g/mol. The fourth-order valence-corrected chi connectivity index (χ4v) is 1.37. The van der Waals surface area contributed by atoms with E-state index in [0.29, 0.717) is 6.54 Å². The SMILES string of the molecule is CC(=O)NCc1ccc(C(=O)NCC(F)(F)CO)cc1. The van der Waals surface area contributed by atoms with Crippen molar-refractivity contribution in [2.75, 3.05) is 13.2 Å². The van der Waals surface area contributed by atoms with Crippen LogP contribution in [0.2, 0.25) is 0 Å². The Morgan fingerprint density at radius 1 is 1.20 bits per heavy atom. The molecular weight excluding hydrogens is 270 g/mol. The van der Waals surface area contributed by atoms with Gasteiger partial charge in [0, 0.05) is 19.0 Å². The Morgan fingerprint density at radius 2 is 1.80 bits per heavy atom. The second kappa shape index (κ2) is 6.95. The van der Waals surface area contributed by atoms with Crippen molar-refractivity contribution in [1.82, 2.24) is 10.6 Å². The number of aliphatic hydroxyl groups excluding tert-OH is 1. The monoisotopic (exact) mass is 286 g/mol. The van der Waals surface area contributed by atoms with Crippen LogP contribution in [-0.2, 0) is 11.3 Å². The van der Waals surface area contributed by atoms with Gasteiger partial charge in [-0.05, 0) is 17.7 Å². The molecule has 0 aliphatic carbocycles. The van der Waals surface area contributed by atoms with Crippen LogP contribution in [-0.4, -0.2) is 36.0 Å². The lowest BCUT2D eigenvalue weighted by Crippen LogP contribution is -2.38. The van der Waals surface area contributed by atoms with Crippen LogP contribution in [0, 0.1) is 0 Å². The molecule has 0 atom stereocenters. The summed E-state index contributed by atoms with van der Waals surface area (Å²) >= 11 is 0. The first-order chi connectivity index (χ1) is 9.34. The number of alkyl halides is 2. The number of carbonyl (C=O) groups excluding carboxylic acids is 2. The van der Waals surface area contributed by atoms with Crippen molar-refractivity contribution in [1.29, 1.82) is 0 Å². The third-order valence-electron chi connectivity index (χ3n) is 2.50. The summed E-state index contributed by atoms with van der Waals surface area (Å²) in [5, 5.41) is 13.0. The molecule has 3 N–H and O–H groups in total. The van der Waals surface area contributed by atoms with Crippen LogP contribution in [0.15, 0.2) is 24.3 Å². The molecule has 1 rings (SSSR count). The van der Waals surface area contributed by atoms with Crippen molar-refractivity contribution in [3.8, 4) is 0 Å². The van der Waals surface area contributed by atoms with Gasteiger partial charge in [0.2, 0.25) is 5.91 Å². The Hall–Kier alpha value is -2.02. The largest absolute Gasteiger partial charge is 0.390 e. The van der Waals surface area contributed by atoms with Gasteiger partial charge in [0.15, 0.2) is 0 Å². The van der Waals surface area contributed by atoms with Gasteiger partial charge in [-0.15, -0.1) is 0 Å². The molecule has 0 fully saturated rings. The molecule has 20 heavy (non-hydrogen) atoms. The molecule has 0 unspecified atom stereocenters. The van der Waals surface area contributed by atoms with E-state index in [1.807, 2.05) is 5.32 Å². The van der Waals surface area contributed by atoms with E-state index < -0.39 is 25.0 Å². The van der Waals surface area contributed by atoms with E-state index >= 15 is 0 Å². The molecule has 1 aromatic carbocycles. The number of hydrogen-bond donors (Lipinski definition) is 3. The van der Waals surface area contributed by atoms with Gasteiger partial charge >= 0.3 is 0 Å². The van der Waals surface area contributed by atoms with E-state index in [2.05, 4.69) is 5.32 Å². The molecule has 0 aromatic heterocycles. The summed E-state index contributed by atoms with van der Waals surface area (Å²) in [7, 11) is 0. The lowest BCUT2D eigenvalue weighted by atomic mass is 10.1. The minimum Gasteiger partial charge on any atom is -0.390 e. The Bertz CT molecular complexity index is 475. The molecule has 0 heterocycles. The zero-order valence-electron chi connectivity index (χ0n) is 11.0. The molecule has 0 spiro atoms. The van der Waals surface area contributed by atoms with Crippen LogP contribution in [0.1, 0.15) is 22.8 Å². The molecule has 110 valence electrons. The normalized spacial score (nSPS) is 11.0. The zero-order chi connectivity index (χ0) is 15.2. The summed E-state index contributed by atoms with van der Waals surface area (Å²) in [6.07, 6.45) is 0. The predicted octanol–water partition coefficient (Wildman–Crippen LogP) is 0.680. The highest BCUT2D eigenvalue weighted by molar-refractivity contribution is 5.94. The highest BCUT2D eigenvalue weighted by atomic mass is 19.3. The molecule has 0 aliphatic rings. The van der Waals surface area contributed by atoms with Gasteiger partial charge in [0.25, 0.3) is 11.8 Å².